The zero-order valence-corrected chi connectivity index (χ0v) is 16.3. The van der Waals surface area contributed by atoms with E-state index in [1.54, 1.807) is 18.5 Å². The van der Waals surface area contributed by atoms with Gasteiger partial charge in [-0.1, -0.05) is 12.1 Å². The van der Waals surface area contributed by atoms with Crippen LogP contribution in [0.15, 0.2) is 54.9 Å². The van der Waals surface area contributed by atoms with Crippen molar-refractivity contribution in [1.82, 2.24) is 15.0 Å². The molecule has 5 rings (SSSR count). The highest BCUT2D eigenvalue weighted by molar-refractivity contribution is 5.93. The Morgan fingerprint density at radius 1 is 1.03 bits per heavy atom. The van der Waals surface area contributed by atoms with E-state index in [9.17, 15) is 9.50 Å². The fourth-order valence-electron chi connectivity index (χ4n) is 3.88. The van der Waals surface area contributed by atoms with Gasteiger partial charge < -0.3 is 15.2 Å². The van der Waals surface area contributed by atoms with E-state index >= 15 is 0 Å². The molecule has 0 saturated heterocycles. The predicted octanol–water partition coefficient (Wildman–Crippen LogP) is 4.74. The van der Waals surface area contributed by atoms with Crippen molar-refractivity contribution in [3.63, 3.8) is 0 Å². The van der Waals surface area contributed by atoms with Crippen molar-refractivity contribution in [1.29, 1.82) is 0 Å². The first-order valence-corrected chi connectivity index (χ1v) is 10.1. The van der Waals surface area contributed by atoms with E-state index in [1.165, 1.54) is 12.1 Å². The number of pyridine rings is 1. The van der Waals surface area contributed by atoms with E-state index in [0.717, 1.165) is 47.7 Å². The average molecular weight is 404 g/mol. The van der Waals surface area contributed by atoms with E-state index < -0.39 is 0 Å². The number of hydrogen-bond donors (Lipinski definition) is 2. The van der Waals surface area contributed by atoms with E-state index in [2.05, 4.69) is 20.3 Å². The van der Waals surface area contributed by atoms with Crippen LogP contribution in [0.3, 0.4) is 0 Å². The molecule has 6 nitrogen and oxygen atoms in total. The van der Waals surface area contributed by atoms with Gasteiger partial charge in [0.25, 0.3) is 0 Å². The summed E-state index contributed by atoms with van der Waals surface area (Å²) in [5.74, 6) is 0.807. The van der Waals surface area contributed by atoms with Gasteiger partial charge in [-0.3, -0.25) is 4.98 Å². The Kier molecular flexibility index (Phi) is 4.88. The van der Waals surface area contributed by atoms with Crippen LogP contribution < -0.4 is 10.1 Å². The highest BCUT2D eigenvalue weighted by Gasteiger charge is 2.21. The van der Waals surface area contributed by atoms with Crippen molar-refractivity contribution in [2.75, 3.05) is 5.32 Å². The molecule has 30 heavy (non-hydrogen) atoms. The van der Waals surface area contributed by atoms with Crippen LogP contribution in [0, 0.1) is 5.82 Å². The maximum Gasteiger partial charge on any atom is 0.227 e. The lowest BCUT2D eigenvalue weighted by Gasteiger charge is -2.26. The number of benzene rings is 2. The van der Waals surface area contributed by atoms with Gasteiger partial charge in [0.05, 0.1) is 23.4 Å². The Hall–Kier alpha value is -3.32. The molecule has 1 aliphatic carbocycles. The Labute approximate surface area is 172 Å². The van der Waals surface area contributed by atoms with Gasteiger partial charge in [0.2, 0.25) is 5.95 Å². The number of rotatable bonds is 4. The number of aliphatic hydroxyl groups excluding tert-OH is 1. The third-order valence-corrected chi connectivity index (χ3v) is 5.46. The normalized spacial score (nSPS) is 19.1. The first-order chi connectivity index (χ1) is 14.7. The summed E-state index contributed by atoms with van der Waals surface area (Å²) in [5.41, 5.74) is 2.04. The summed E-state index contributed by atoms with van der Waals surface area (Å²) in [5, 5.41) is 14.6. The van der Waals surface area contributed by atoms with E-state index in [0.29, 0.717) is 17.2 Å². The second-order valence-electron chi connectivity index (χ2n) is 7.58. The maximum absolute atomic E-state index is 13.5. The minimum Gasteiger partial charge on any atom is -0.488 e. The Morgan fingerprint density at radius 3 is 2.77 bits per heavy atom. The molecule has 2 aromatic heterocycles. The molecular formula is C23H21FN4O2. The number of anilines is 2. The van der Waals surface area contributed by atoms with Crippen molar-refractivity contribution in [2.45, 2.75) is 37.9 Å². The second-order valence-corrected chi connectivity index (χ2v) is 7.58. The number of aliphatic hydroxyl groups is 1. The molecule has 1 fully saturated rings. The lowest BCUT2D eigenvalue weighted by Crippen LogP contribution is -2.26. The molecule has 0 bridgehead atoms. The van der Waals surface area contributed by atoms with Crippen molar-refractivity contribution < 1.29 is 14.2 Å². The average Bonchev–Trinajstić information content (AvgIpc) is 2.76. The number of aromatic nitrogens is 3. The van der Waals surface area contributed by atoms with Crippen LogP contribution in [-0.2, 0) is 0 Å². The molecule has 0 atom stereocenters. The van der Waals surface area contributed by atoms with Crippen LogP contribution in [-0.4, -0.2) is 32.3 Å². The fraction of sp³-hybridized carbons (Fsp3) is 0.261. The van der Waals surface area contributed by atoms with Crippen LogP contribution >= 0.6 is 0 Å². The molecule has 0 spiro atoms. The molecule has 2 aromatic carbocycles. The summed E-state index contributed by atoms with van der Waals surface area (Å²) in [6, 6.07) is 12.1. The Morgan fingerprint density at radius 2 is 1.90 bits per heavy atom. The first kappa shape index (κ1) is 18.7. The van der Waals surface area contributed by atoms with Crippen molar-refractivity contribution in [3.8, 4) is 5.75 Å². The lowest BCUT2D eigenvalue weighted by atomic mass is 9.95. The summed E-state index contributed by atoms with van der Waals surface area (Å²) >= 11 is 0. The van der Waals surface area contributed by atoms with Gasteiger partial charge in [-0.2, -0.15) is 0 Å². The van der Waals surface area contributed by atoms with Crippen molar-refractivity contribution in [2.24, 2.45) is 0 Å². The summed E-state index contributed by atoms with van der Waals surface area (Å²) in [7, 11) is 0. The number of para-hydroxylation sites is 1. The molecule has 2 N–H and O–H groups in total. The molecule has 0 aliphatic heterocycles. The van der Waals surface area contributed by atoms with Gasteiger partial charge in [0.15, 0.2) is 0 Å². The maximum atomic E-state index is 13.5. The topological polar surface area (TPSA) is 80.2 Å². The van der Waals surface area contributed by atoms with E-state index in [1.807, 2.05) is 24.3 Å². The molecule has 1 saturated carbocycles. The molecule has 7 heteroatoms. The standard InChI is InChI=1S/C23H21FN4O2/c24-15-4-9-18-19(10-11-25-20(18)12-15)27-23-26-13-14-2-1-3-21(22(14)28-23)30-17-7-5-16(29)6-8-17/h1-4,9-13,16-17,29H,5-8H2,(H,25,26,27,28). The van der Waals surface area contributed by atoms with Gasteiger partial charge in [-0.05, 0) is 49.9 Å². The third-order valence-electron chi connectivity index (χ3n) is 5.46. The van der Waals surface area contributed by atoms with Crippen LogP contribution in [0.5, 0.6) is 5.75 Å². The second kappa shape index (κ2) is 7.84. The van der Waals surface area contributed by atoms with Gasteiger partial charge >= 0.3 is 0 Å². The number of nitrogens with zero attached hydrogens (tertiary/aromatic N) is 3. The molecule has 152 valence electrons. The smallest absolute Gasteiger partial charge is 0.227 e. The van der Waals surface area contributed by atoms with Crippen LogP contribution in [0.25, 0.3) is 21.8 Å². The Balaban J connectivity index is 1.46. The number of ether oxygens (including phenoxy) is 1. The van der Waals surface area contributed by atoms with E-state index in [-0.39, 0.29) is 18.0 Å². The summed E-state index contributed by atoms with van der Waals surface area (Å²) in [6.07, 6.45) is 6.40. The van der Waals surface area contributed by atoms with Gasteiger partial charge in [-0.15, -0.1) is 0 Å². The molecule has 0 unspecified atom stereocenters. The molecule has 0 radical (unpaired) electrons. The fourth-order valence-corrected chi connectivity index (χ4v) is 3.88. The number of nitrogens with one attached hydrogen (secondary N) is 1. The highest BCUT2D eigenvalue weighted by Crippen LogP contribution is 2.30. The highest BCUT2D eigenvalue weighted by atomic mass is 19.1. The quantitative estimate of drug-likeness (QED) is 0.511. The minimum absolute atomic E-state index is 0.0735. The lowest BCUT2D eigenvalue weighted by molar-refractivity contribution is 0.0672. The largest absolute Gasteiger partial charge is 0.488 e. The summed E-state index contributed by atoms with van der Waals surface area (Å²) in [6.45, 7) is 0. The monoisotopic (exact) mass is 404 g/mol. The SMILES string of the molecule is OC1CCC(Oc2cccc3cnc(Nc4ccnc5cc(F)ccc45)nc23)CC1. The molecule has 1 aliphatic rings. The molecule has 0 amide bonds. The number of fused-ring (bicyclic) bond motifs is 2. The van der Waals surface area contributed by atoms with Gasteiger partial charge in [0.1, 0.15) is 17.1 Å². The third kappa shape index (κ3) is 3.76. The number of hydrogen-bond acceptors (Lipinski definition) is 6. The zero-order valence-electron chi connectivity index (χ0n) is 16.3. The van der Waals surface area contributed by atoms with Gasteiger partial charge in [-0.25, -0.2) is 14.4 Å². The van der Waals surface area contributed by atoms with E-state index in [4.69, 9.17) is 4.74 Å². The molecular weight excluding hydrogens is 383 g/mol. The predicted molar refractivity (Wildman–Crippen MR) is 113 cm³/mol. The van der Waals surface area contributed by atoms with Crippen LogP contribution in [0.4, 0.5) is 16.0 Å². The molecule has 2 heterocycles. The zero-order chi connectivity index (χ0) is 20.5. The Bertz CT molecular complexity index is 1210. The summed E-state index contributed by atoms with van der Waals surface area (Å²) in [4.78, 5) is 13.3. The van der Waals surface area contributed by atoms with Crippen LogP contribution in [0.1, 0.15) is 25.7 Å². The first-order valence-electron chi connectivity index (χ1n) is 10.1. The van der Waals surface area contributed by atoms with Gasteiger partial charge in [0, 0.05) is 29.2 Å². The van der Waals surface area contributed by atoms with Crippen molar-refractivity contribution in [3.05, 3.63) is 60.7 Å². The molecule has 4 aromatic rings. The van der Waals surface area contributed by atoms with Crippen molar-refractivity contribution >= 4 is 33.4 Å². The minimum atomic E-state index is -0.328. The summed E-state index contributed by atoms with van der Waals surface area (Å²) < 4.78 is 19.7. The number of halogens is 1. The van der Waals surface area contributed by atoms with Crippen LogP contribution in [0.2, 0.25) is 0 Å².